The van der Waals surface area contributed by atoms with E-state index in [1.165, 1.54) is 0 Å². The molecule has 10 heavy (non-hydrogen) atoms. The Morgan fingerprint density at radius 3 is 2.50 bits per heavy atom. The lowest BCUT2D eigenvalue weighted by molar-refractivity contribution is 0.274. The molecule has 0 bridgehead atoms. The van der Waals surface area contributed by atoms with E-state index in [1.807, 2.05) is 0 Å². The van der Waals surface area contributed by atoms with Gasteiger partial charge in [0.15, 0.2) is 0 Å². The maximum atomic E-state index is 6.56. The maximum Gasteiger partial charge on any atom is 0.215 e. The van der Waals surface area contributed by atoms with Gasteiger partial charge in [-0.1, -0.05) is 0 Å². The fraction of sp³-hybridized carbons (Fsp3) is 0.875. The van der Waals surface area contributed by atoms with Crippen LogP contribution in [0, 0.1) is 6.57 Å². The van der Waals surface area contributed by atoms with Gasteiger partial charge in [0.05, 0.1) is 0 Å². The molecule has 58 valence electrons. The van der Waals surface area contributed by atoms with Gasteiger partial charge in [-0.15, -0.1) is 0 Å². The van der Waals surface area contributed by atoms with E-state index in [4.69, 9.17) is 6.57 Å². The van der Waals surface area contributed by atoms with Crippen molar-refractivity contribution >= 4 is 0 Å². The van der Waals surface area contributed by atoms with Crippen molar-refractivity contribution in [1.29, 1.82) is 0 Å². The molecule has 0 atom stereocenters. The molecule has 0 unspecified atom stereocenters. The lowest BCUT2D eigenvalue weighted by atomic mass is 10.3. The first-order valence-corrected chi connectivity index (χ1v) is 3.72. The summed E-state index contributed by atoms with van der Waals surface area (Å²) in [5, 5.41) is 0. The van der Waals surface area contributed by atoms with E-state index in [2.05, 4.69) is 30.6 Å². The first-order chi connectivity index (χ1) is 4.68. The van der Waals surface area contributed by atoms with Crippen molar-refractivity contribution in [3.05, 3.63) is 11.4 Å². The number of nitrogens with zero attached hydrogens (tertiary/aromatic N) is 2. The van der Waals surface area contributed by atoms with Gasteiger partial charge in [-0.2, -0.15) is 0 Å². The summed E-state index contributed by atoms with van der Waals surface area (Å²) in [6.07, 6.45) is 0.998. The van der Waals surface area contributed by atoms with Crippen molar-refractivity contribution in [2.45, 2.75) is 26.3 Å². The minimum Gasteiger partial charge on any atom is -0.317 e. The van der Waals surface area contributed by atoms with Crippen LogP contribution in [0.3, 0.4) is 0 Å². The molecule has 0 fully saturated rings. The molecule has 0 aliphatic heterocycles. The summed E-state index contributed by atoms with van der Waals surface area (Å²) in [4.78, 5) is 5.55. The minimum absolute atomic E-state index is 0.603. The molecule has 0 amide bonds. The molecular formula is C8H16N2. The molecular weight excluding hydrogens is 124 g/mol. The highest BCUT2D eigenvalue weighted by atomic mass is 15.1. The summed E-state index contributed by atoms with van der Waals surface area (Å²) in [6.45, 7) is 12.6. The van der Waals surface area contributed by atoms with E-state index in [9.17, 15) is 0 Å². The van der Waals surface area contributed by atoms with Crippen LogP contribution in [0.4, 0.5) is 0 Å². The third-order valence-corrected chi connectivity index (χ3v) is 1.66. The second-order valence-corrected chi connectivity index (χ2v) is 2.81. The van der Waals surface area contributed by atoms with Crippen molar-refractivity contribution in [2.75, 3.05) is 20.1 Å². The zero-order valence-corrected chi connectivity index (χ0v) is 7.09. The molecule has 0 spiro atoms. The monoisotopic (exact) mass is 140 g/mol. The third-order valence-electron chi connectivity index (χ3n) is 1.66. The Morgan fingerprint density at radius 2 is 2.10 bits per heavy atom. The predicted octanol–water partition coefficient (Wildman–Crippen LogP) is 1.64. The highest BCUT2D eigenvalue weighted by Gasteiger charge is 2.01. The van der Waals surface area contributed by atoms with Crippen molar-refractivity contribution < 1.29 is 0 Å². The van der Waals surface area contributed by atoms with Gasteiger partial charge in [-0.25, -0.2) is 6.57 Å². The van der Waals surface area contributed by atoms with E-state index in [0.717, 1.165) is 13.0 Å². The first kappa shape index (κ1) is 9.45. The molecule has 0 heterocycles. The second-order valence-electron chi connectivity index (χ2n) is 2.81. The summed E-state index contributed by atoms with van der Waals surface area (Å²) in [7, 11) is 2.09. The number of hydrogen-bond donors (Lipinski definition) is 0. The lowest BCUT2D eigenvalue weighted by Gasteiger charge is -2.19. The number of hydrogen-bond acceptors (Lipinski definition) is 1. The van der Waals surface area contributed by atoms with E-state index in [0.29, 0.717) is 12.6 Å². The zero-order valence-electron chi connectivity index (χ0n) is 7.09. The Balaban J connectivity index is 3.23. The summed E-state index contributed by atoms with van der Waals surface area (Å²) in [5.74, 6) is 0. The largest absolute Gasteiger partial charge is 0.317 e. The fourth-order valence-electron chi connectivity index (χ4n) is 0.657. The van der Waals surface area contributed by atoms with Gasteiger partial charge in [-0.05, 0) is 20.9 Å². The SMILES string of the molecule is [C-]#[N+]CCCN(C)C(C)C. The average molecular weight is 140 g/mol. The molecule has 0 aliphatic rings. The van der Waals surface area contributed by atoms with E-state index >= 15 is 0 Å². The topological polar surface area (TPSA) is 7.60 Å². The molecule has 0 aromatic rings. The fourth-order valence-corrected chi connectivity index (χ4v) is 0.657. The van der Waals surface area contributed by atoms with E-state index in [1.54, 1.807) is 0 Å². The van der Waals surface area contributed by atoms with Crippen LogP contribution < -0.4 is 0 Å². The van der Waals surface area contributed by atoms with Crippen LogP contribution in [0.1, 0.15) is 20.3 Å². The van der Waals surface area contributed by atoms with Crippen molar-refractivity contribution in [3.8, 4) is 0 Å². The van der Waals surface area contributed by atoms with Crippen LogP contribution in [0.5, 0.6) is 0 Å². The van der Waals surface area contributed by atoms with Crippen LogP contribution in [0.25, 0.3) is 4.85 Å². The predicted molar refractivity (Wildman–Crippen MR) is 43.9 cm³/mol. The van der Waals surface area contributed by atoms with Gasteiger partial charge in [0, 0.05) is 19.0 Å². The summed E-state index contributed by atoms with van der Waals surface area (Å²) in [6, 6.07) is 0.603. The molecule has 0 saturated heterocycles. The van der Waals surface area contributed by atoms with Crippen LogP contribution in [0.2, 0.25) is 0 Å². The van der Waals surface area contributed by atoms with Gasteiger partial charge in [-0.3, -0.25) is 0 Å². The molecule has 2 heteroatoms. The van der Waals surface area contributed by atoms with Crippen molar-refractivity contribution in [1.82, 2.24) is 4.90 Å². The molecule has 0 rings (SSSR count). The summed E-state index contributed by atoms with van der Waals surface area (Å²) >= 11 is 0. The Hall–Kier alpha value is -0.550. The smallest absolute Gasteiger partial charge is 0.215 e. The molecule has 0 aromatic carbocycles. The normalized spacial score (nSPS) is 10.4. The zero-order chi connectivity index (χ0) is 7.98. The summed E-state index contributed by atoms with van der Waals surface area (Å²) in [5.41, 5.74) is 0. The van der Waals surface area contributed by atoms with Crippen LogP contribution in [-0.4, -0.2) is 31.1 Å². The Morgan fingerprint density at radius 1 is 1.50 bits per heavy atom. The Bertz CT molecular complexity index is 113. The molecule has 0 aromatic heterocycles. The van der Waals surface area contributed by atoms with E-state index in [-0.39, 0.29) is 0 Å². The van der Waals surface area contributed by atoms with Gasteiger partial charge in [0.1, 0.15) is 0 Å². The molecule has 0 N–H and O–H groups in total. The maximum absolute atomic E-state index is 6.56. The number of rotatable bonds is 4. The van der Waals surface area contributed by atoms with Crippen LogP contribution in [-0.2, 0) is 0 Å². The van der Waals surface area contributed by atoms with Gasteiger partial charge in [0.2, 0.25) is 6.54 Å². The van der Waals surface area contributed by atoms with Gasteiger partial charge < -0.3 is 9.74 Å². The van der Waals surface area contributed by atoms with Crippen LogP contribution in [0.15, 0.2) is 0 Å². The van der Waals surface area contributed by atoms with E-state index < -0.39 is 0 Å². The lowest BCUT2D eigenvalue weighted by Crippen LogP contribution is -2.27. The average Bonchev–Trinajstić information content (AvgIpc) is 1.88. The van der Waals surface area contributed by atoms with Gasteiger partial charge >= 0.3 is 0 Å². The highest BCUT2D eigenvalue weighted by Crippen LogP contribution is 1.94. The first-order valence-electron chi connectivity index (χ1n) is 3.72. The third kappa shape index (κ3) is 4.34. The minimum atomic E-state index is 0.603. The molecule has 0 radical (unpaired) electrons. The van der Waals surface area contributed by atoms with Gasteiger partial charge in [0.25, 0.3) is 0 Å². The highest BCUT2D eigenvalue weighted by molar-refractivity contribution is 4.62. The van der Waals surface area contributed by atoms with Crippen molar-refractivity contribution in [2.24, 2.45) is 0 Å². The second kappa shape index (κ2) is 5.25. The standard InChI is InChI=1S/C8H16N2/c1-8(2)10(4)7-5-6-9-3/h8H,5-7H2,1-2,4H3. The quantitative estimate of drug-likeness (QED) is 0.425. The Labute approximate surface area is 63.7 Å². The van der Waals surface area contributed by atoms with Crippen molar-refractivity contribution in [3.63, 3.8) is 0 Å². The molecule has 2 nitrogen and oxygen atoms in total. The van der Waals surface area contributed by atoms with Crippen LogP contribution >= 0.6 is 0 Å². The summed E-state index contributed by atoms with van der Waals surface area (Å²) < 4.78 is 0. The Kier molecular flexibility index (Phi) is 4.96. The molecule has 0 saturated carbocycles. The molecule has 0 aliphatic carbocycles.